The van der Waals surface area contributed by atoms with Gasteiger partial charge in [0, 0.05) is 6.54 Å². The molecule has 2 nitrogen and oxygen atoms in total. The average molecular weight is 189 g/mol. The summed E-state index contributed by atoms with van der Waals surface area (Å²) >= 11 is 0. The van der Waals surface area contributed by atoms with E-state index in [1.807, 2.05) is 0 Å². The van der Waals surface area contributed by atoms with Crippen molar-refractivity contribution in [3.05, 3.63) is 12.2 Å². The van der Waals surface area contributed by atoms with E-state index in [1.165, 1.54) is 0 Å². The third-order valence-corrected chi connectivity index (χ3v) is 6.08. The SMILES string of the molecule is NCC1(O)C2C3C4C=CC(C32)C2C4C21. The zero-order chi connectivity index (χ0) is 9.24. The Kier molecular flexibility index (Phi) is 0.809. The zero-order valence-electron chi connectivity index (χ0n) is 8.01. The van der Waals surface area contributed by atoms with Crippen molar-refractivity contribution in [1.29, 1.82) is 0 Å². The van der Waals surface area contributed by atoms with E-state index in [0.29, 0.717) is 18.4 Å². The summed E-state index contributed by atoms with van der Waals surface area (Å²) in [7, 11) is 0. The summed E-state index contributed by atoms with van der Waals surface area (Å²) in [6, 6.07) is 0. The Bertz CT molecular complexity index is 327. The van der Waals surface area contributed by atoms with Crippen LogP contribution >= 0.6 is 0 Å². The van der Waals surface area contributed by atoms with Crippen LogP contribution in [-0.2, 0) is 0 Å². The van der Waals surface area contributed by atoms with Gasteiger partial charge >= 0.3 is 0 Å². The Labute approximate surface area is 83.2 Å². The molecule has 0 radical (unpaired) electrons. The fourth-order valence-corrected chi connectivity index (χ4v) is 5.81. The second kappa shape index (κ2) is 1.61. The summed E-state index contributed by atoms with van der Waals surface area (Å²) in [4.78, 5) is 0. The highest BCUT2D eigenvalue weighted by Gasteiger charge is 2.86. The van der Waals surface area contributed by atoms with Crippen LogP contribution in [0.5, 0.6) is 0 Å². The van der Waals surface area contributed by atoms with E-state index >= 15 is 0 Å². The maximum atomic E-state index is 10.6. The molecule has 7 rings (SSSR count). The number of nitrogens with two attached hydrogens (primary N) is 1. The molecule has 5 fully saturated rings. The molecule has 0 saturated heterocycles. The molecule has 8 bridgehead atoms. The van der Waals surface area contributed by atoms with Crippen LogP contribution in [0.25, 0.3) is 0 Å². The van der Waals surface area contributed by atoms with E-state index in [-0.39, 0.29) is 0 Å². The Morgan fingerprint density at radius 2 is 1.43 bits per heavy atom. The molecule has 4 unspecified atom stereocenters. The number of allylic oxidation sites excluding steroid dienone is 2. The standard InChI is InChI=1S/C12H15NO/c13-3-12(14)10-6-4-1-2-5(8(6)10)9-7(4)11(9)12/h1-2,4-11,14H,3,13H2. The minimum atomic E-state index is -0.455. The van der Waals surface area contributed by atoms with Crippen LogP contribution in [0.2, 0.25) is 0 Å². The quantitative estimate of drug-likeness (QED) is 0.580. The van der Waals surface area contributed by atoms with Gasteiger partial charge in [0.15, 0.2) is 0 Å². The number of aliphatic hydroxyl groups is 1. The third-order valence-electron chi connectivity index (χ3n) is 6.08. The van der Waals surface area contributed by atoms with Gasteiger partial charge in [-0.25, -0.2) is 0 Å². The fourth-order valence-electron chi connectivity index (χ4n) is 5.81. The molecule has 0 heterocycles. The predicted molar refractivity (Wildman–Crippen MR) is 51.1 cm³/mol. The van der Waals surface area contributed by atoms with Crippen LogP contribution < -0.4 is 5.73 Å². The third kappa shape index (κ3) is 0.428. The highest BCUT2D eigenvalue weighted by Crippen LogP contribution is 2.86. The van der Waals surface area contributed by atoms with Gasteiger partial charge in [-0.2, -0.15) is 0 Å². The molecule has 0 aromatic rings. The van der Waals surface area contributed by atoms with Crippen LogP contribution in [0.4, 0.5) is 0 Å². The molecule has 7 aliphatic rings. The first kappa shape index (κ1) is 7.02. The highest BCUT2D eigenvalue weighted by atomic mass is 16.3. The molecule has 0 aliphatic heterocycles. The fraction of sp³-hybridized carbons (Fsp3) is 0.833. The van der Waals surface area contributed by atoms with Crippen molar-refractivity contribution >= 4 is 0 Å². The van der Waals surface area contributed by atoms with Crippen molar-refractivity contribution in [1.82, 2.24) is 0 Å². The second-order valence-corrected chi connectivity index (χ2v) is 6.10. The minimum Gasteiger partial charge on any atom is -0.388 e. The van der Waals surface area contributed by atoms with Gasteiger partial charge in [-0.3, -0.25) is 0 Å². The van der Waals surface area contributed by atoms with Gasteiger partial charge < -0.3 is 10.8 Å². The second-order valence-electron chi connectivity index (χ2n) is 6.10. The largest absolute Gasteiger partial charge is 0.388 e. The maximum Gasteiger partial charge on any atom is 0.0837 e. The van der Waals surface area contributed by atoms with Crippen LogP contribution in [0, 0.1) is 47.3 Å². The molecule has 2 heteroatoms. The first-order chi connectivity index (χ1) is 6.79. The van der Waals surface area contributed by atoms with Gasteiger partial charge in [-0.15, -0.1) is 0 Å². The minimum absolute atomic E-state index is 0.455. The van der Waals surface area contributed by atoms with E-state index in [1.54, 1.807) is 0 Å². The molecule has 0 aromatic heterocycles. The number of hydrogen-bond acceptors (Lipinski definition) is 2. The highest BCUT2D eigenvalue weighted by molar-refractivity contribution is 5.40. The molecule has 5 saturated carbocycles. The number of rotatable bonds is 1. The van der Waals surface area contributed by atoms with Gasteiger partial charge in [0.1, 0.15) is 0 Å². The van der Waals surface area contributed by atoms with E-state index in [9.17, 15) is 5.11 Å². The van der Waals surface area contributed by atoms with Crippen molar-refractivity contribution in [3.8, 4) is 0 Å². The Balaban J connectivity index is 1.74. The van der Waals surface area contributed by atoms with Crippen LogP contribution in [0.15, 0.2) is 12.2 Å². The lowest BCUT2D eigenvalue weighted by Gasteiger charge is -2.33. The first-order valence-electron chi connectivity index (χ1n) is 5.90. The predicted octanol–water partition coefficient (Wildman–Crippen LogP) is 0.230. The molecule has 14 heavy (non-hydrogen) atoms. The molecular formula is C12H15NO. The van der Waals surface area contributed by atoms with Crippen molar-refractivity contribution in [3.63, 3.8) is 0 Å². The van der Waals surface area contributed by atoms with Gasteiger partial charge in [-0.1, -0.05) is 12.2 Å². The Morgan fingerprint density at radius 3 is 1.79 bits per heavy atom. The topological polar surface area (TPSA) is 46.2 Å². The molecule has 3 N–H and O–H groups in total. The normalized spacial score (nSPS) is 79.0. The van der Waals surface area contributed by atoms with Crippen LogP contribution in [0.1, 0.15) is 0 Å². The van der Waals surface area contributed by atoms with Crippen molar-refractivity contribution in [2.24, 2.45) is 53.1 Å². The lowest BCUT2D eigenvalue weighted by atomic mass is 9.76. The summed E-state index contributed by atoms with van der Waals surface area (Å²) in [5, 5.41) is 10.6. The van der Waals surface area contributed by atoms with Crippen molar-refractivity contribution in [2.45, 2.75) is 5.60 Å². The first-order valence-corrected chi connectivity index (χ1v) is 5.90. The Hall–Kier alpha value is -0.340. The number of hydrogen-bond donors (Lipinski definition) is 2. The molecule has 0 amide bonds. The van der Waals surface area contributed by atoms with E-state index in [0.717, 1.165) is 35.5 Å². The zero-order valence-corrected chi connectivity index (χ0v) is 8.01. The van der Waals surface area contributed by atoms with Crippen molar-refractivity contribution in [2.75, 3.05) is 6.54 Å². The van der Waals surface area contributed by atoms with Crippen LogP contribution in [0.3, 0.4) is 0 Å². The van der Waals surface area contributed by atoms with Crippen LogP contribution in [-0.4, -0.2) is 17.3 Å². The molecule has 4 atom stereocenters. The average Bonchev–Trinajstić information content (AvgIpc) is 3.07. The van der Waals surface area contributed by atoms with Gasteiger partial charge in [-0.05, 0) is 47.3 Å². The van der Waals surface area contributed by atoms with Crippen molar-refractivity contribution < 1.29 is 5.11 Å². The molecule has 74 valence electrons. The molecule has 0 spiro atoms. The smallest absolute Gasteiger partial charge is 0.0837 e. The van der Waals surface area contributed by atoms with Gasteiger partial charge in [0.2, 0.25) is 0 Å². The lowest BCUT2D eigenvalue weighted by molar-refractivity contribution is -0.0356. The van der Waals surface area contributed by atoms with Gasteiger partial charge in [0.25, 0.3) is 0 Å². The molecule has 0 aromatic carbocycles. The van der Waals surface area contributed by atoms with E-state index in [2.05, 4.69) is 12.2 Å². The van der Waals surface area contributed by atoms with Gasteiger partial charge in [0.05, 0.1) is 5.60 Å². The molecular weight excluding hydrogens is 174 g/mol. The summed E-state index contributed by atoms with van der Waals surface area (Å²) in [5.74, 6) is 6.07. The van der Waals surface area contributed by atoms with E-state index in [4.69, 9.17) is 5.73 Å². The Morgan fingerprint density at radius 1 is 1.00 bits per heavy atom. The monoisotopic (exact) mass is 189 g/mol. The molecule has 7 aliphatic carbocycles. The summed E-state index contributed by atoms with van der Waals surface area (Å²) in [6.45, 7) is 0.502. The summed E-state index contributed by atoms with van der Waals surface area (Å²) < 4.78 is 0. The lowest BCUT2D eigenvalue weighted by Crippen LogP contribution is -2.47. The van der Waals surface area contributed by atoms with E-state index < -0.39 is 5.60 Å². The summed E-state index contributed by atoms with van der Waals surface area (Å²) in [5.41, 5.74) is 5.34. The maximum absolute atomic E-state index is 10.6. The summed E-state index contributed by atoms with van der Waals surface area (Å²) in [6.07, 6.45) is 4.90.